The van der Waals surface area contributed by atoms with E-state index < -0.39 is 0 Å². The van der Waals surface area contributed by atoms with Crippen LogP contribution in [0.5, 0.6) is 5.75 Å². The Hall–Kier alpha value is -1.07. The molecular weight excluding hydrogens is 252 g/mol. The van der Waals surface area contributed by atoms with Crippen LogP contribution < -0.4 is 10.1 Å². The summed E-state index contributed by atoms with van der Waals surface area (Å²) in [6.45, 7) is 10.1. The van der Waals surface area contributed by atoms with Gasteiger partial charge in [-0.05, 0) is 46.3 Å². The van der Waals surface area contributed by atoms with Crippen LogP contribution in [0.15, 0.2) is 6.20 Å². The van der Waals surface area contributed by atoms with Crippen LogP contribution in [0.25, 0.3) is 0 Å². The predicted molar refractivity (Wildman–Crippen MR) is 81.1 cm³/mol. The van der Waals surface area contributed by atoms with Gasteiger partial charge in [-0.15, -0.1) is 0 Å². The number of ether oxygens (including phenoxy) is 1. The number of hydrogen-bond donors (Lipinski definition) is 1. The van der Waals surface area contributed by atoms with E-state index in [4.69, 9.17) is 4.74 Å². The summed E-state index contributed by atoms with van der Waals surface area (Å²) in [5.74, 6) is 0.866. The maximum absolute atomic E-state index is 5.51. The maximum Gasteiger partial charge on any atom is 0.161 e. The van der Waals surface area contributed by atoms with Crippen LogP contribution in [0.2, 0.25) is 0 Å². The van der Waals surface area contributed by atoms with E-state index in [1.165, 1.54) is 25.9 Å². The fourth-order valence-electron chi connectivity index (χ4n) is 3.27. The third kappa shape index (κ3) is 2.69. The van der Waals surface area contributed by atoms with Crippen LogP contribution in [0.3, 0.4) is 0 Å². The van der Waals surface area contributed by atoms with Gasteiger partial charge >= 0.3 is 0 Å². The smallest absolute Gasteiger partial charge is 0.161 e. The molecule has 2 heterocycles. The first-order chi connectivity index (χ1) is 9.52. The fourth-order valence-corrected chi connectivity index (χ4v) is 3.27. The summed E-state index contributed by atoms with van der Waals surface area (Å²) in [6, 6.07) is 0.202. The van der Waals surface area contributed by atoms with Crippen molar-refractivity contribution in [2.75, 3.05) is 26.7 Å². The van der Waals surface area contributed by atoms with E-state index in [0.29, 0.717) is 0 Å². The first-order valence-electron chi connectivity index (χ1n) is 7.56. The molecule has 1 aliphatic rings. The molecule has 0 amide bonds. The summed E-state index contributed by atoms with van der Waals surface area (Å²) in [7, 11) is 3.70. The summed E-state index contributed by atoms with van der Waals surface area (Å²) in [5, 5.41) is 8.00. The molecule has 0 bridgehead atoms. The standard InChI is InChI=1S/C15H28N4O/c1-6-16-14(13-12(20-5)11-17-18(13)4)15(2,3)19-9-7-8-10-19/h11,14,16H,6-10H2,1-5H3. The first-order valence-corrected chi connectivity index (χ1v) is 7.56. The highest BCUT2D eigenvalue weighted by Gasteiger charge is 2.40. The van der Waals surface area contributed by atoms with Crippen molar-refractivity contribution < 1.29 is 4.74 Å². The summed E-state index contributed by atoms with van der Waals surface area (Å²) in [6.07, 6.45) is 4.40. The second kappa shape index (κ2) is 6.14. The van der Waals surface area contributed by atoms with E-state index in [2.05, 4.69) is 36.1 Å². The predicted octanol–water partition coefficient (Wildman–Crippen LogP) is 1.95. The third-order valence-corrected chi connectivity index (χ3v) is 4.48. The molecule has 0 aromatic carbocycles. The zero-order valence-corrected chi connectivity index (χ0v) is 13.4. The third-order valence-electron chi connectivity index (χ3n) is 4.48. The second-order valence-corrected chi connectivity index (χ2v) is 6.06. The van der Waals surface area contributed by atoms with Gasteiger partial charge in [-0.2, -0.15) is 5.10 Å². The first kappa shape index (κ1) is 15.3. The lowest BCUT2D eigenvalue weighted by molar-refractivity contribution is 0.102. The molecule has 0 spiro atoms. The molecule has 2 rings (SSSR count). The monoisotopic (exact) mass is 280 g/mol. The summed E-state index contributed by atoms with van der Waals surface area (Å²) in [5.41, 5.74) is 1.17. The molecule has 1 aromatic heterocycles. The average molecular weight is 280 g/mol. The quantitative estimate of drug-likeness (QED) is 0.865. The summed E-state index contributed by atoms with van der Waals surface area (Å²) < 4.78 is 7.44. The lowest BCUT2D eigenvalue weighted by Gasteiger charge is -2.42. The summed E-state index contributed by atoms with van der Waals surface area (Å²) >= 11 is 0. The molecule has 1 aromatic rings. The molecule has 1 atom stereocenters. The zero-order valence-electron chi connectivity index (χ0n) is 13.4. The molecule has 0 saturated carbocycles. The number of aromatic nitrogens is 2. The van der Waals surface area contributed by atoms with Gasteiger partial charge < -0.3 is 10.1 Å². The number of aryl methyl sites for hydroxylation is 1. The molecule has 1 saturated heterocycles. The van der Waals surface area contributed by atoms with E-state index in [-0.39, 0.29) is 11.6 Å². The number of likely N-dealkylation sites (N-methyl/N-ethyl adjacent to an activating group) is 1. The lowest BCUT2D eigenvalue weighted by atomic mass is 9.89. The van der Waals surface area contributed by atoms with Crippen LogP contribution in [-0.2, 0) is 7.05 Å². The molecule has 0 radical (unpaired) electrons. The second-order valence-electron chi connectivity index (χ2n) is 6.06. The number of hydrogen-bond acceptors (Lipinski definition) is 4. The minimum Gasteiger partial charge on any atom is -0.493 e. The van der Waals surface area contributed by atoms with E-state index in [0.717, 1.165) is 18.0 Å². The summed E-state index contributed by atoms with van der Waals surface area (Å²) in [4.78, 5) is 2.58. The average Bonchev–Trinajstić information content (AvgIpc) is 3.05. The highest BCUT2D eigenvalue weighted by molar-refractivity contribution is 5.30. The molecule has 114 valence electrons. The van der Waals surface area contributed by atoms with Crippen molar-refractivity contribution in [3.05, 3.63) is 11.9 Å². The molecule has 20 heavy (non-hydrogen) atoms. The number of nitrogens with zero attached hydrogens (tertiary/aromatic N) is 3. The van der Waals surface area contributed by atoms with E-state index in [1.807, 2.05) is 11.7 Å². The molecule has 1 N–H and O–H groups in total. The van der Waals surface area contributed by atoms with E-state index in [9.17, 15) is 0 Å². The Morgan fingerprint density at radius 3 is 2.60 bits per heavy atom. The van der Waals surface area contributed by atoms with Crippen LogP contribution in [0.4, 0.5) is 0 Å². The van der Waals surface area contributed by atoms with Crippen LogP contribution in [0.1, 0.15) is 45.3 Å². The van der Waals surface area contributed by atoms with Gasteiger partial charge in [0.25, 0.3) is 0 Å². The number of rotatable bonds is 6. The van der Waals surface area contributed by atoms with Crippen molar-refractivity contribution >= 4 is 0 Å². The van der Waals surface area contributed by atoms with Crippen molar-refractivity contribution in [3.63, 3.8) is 0 Å². The Morgan fingerprint density at radius 1 is 1.40 bits per heavy atom. The van der Waals surface area contributed by atoms with Gasteiger partial charge in [0.15, 0.2) is 5.75 Å². The molecule has 1 unspecified atom stereocenters. The van der Waals surface area contributed by atoms with Gasteiger partial charge in [0.1, 0.15) is 0 Å². The minimum absolute atomic E-state index is 0.0353. The minimum atomic E-state index is 0.0353. The SMILES string of the molecule is CCNC(c1c(OC)cnn1C)C(C)(C)N1CCCC1. The van der Waals surface area contributed by atoms with E-state index in [1.54, 1.807) is 13.3 Å². The molecule has 5 nitrogen and oxygen atoms in total. The van der Waals surface area contributed by atoms with Gasteiger partial charge in [-0.3, -0.25) is 9.58 Å². The largest absolute Gasteiger partial charge is 0.493 e. The van der Waals surface area contributed by atoms with Gasteiger partial charge in [-0.25, -0.2) is 0 Å². The normalized spacial score (nSPS) is 18.4. The topological polar surface area (TPSA) is 42.3 Å². The molecule has 1 aliphatic heterocycles. The molecule has 1 fully saturated rings. The lowest BCUT2D eigenvalue weighted by Crippen LogP contribution is -2.52. The number of nitrogens with one attached hydrogen (secondary N) is 1. The highest BCUT2D eigenvalue weighted by Crippen LogP contribution is 2.37. The zero-order chi connectivity index (χ0) is 14.8. The Bertz CT molecular complexity index is 435. The Labute approximate surface area is 122 Å². The fraction of sp³-hybridized carbons (Fsp3) is 0.800. The Morgan fingerprint density at radius 2 is 2.05 bits per heavy atom. The van der Waals surface area contributed by atoms with Crippen molar-refractivity contribution in [1.82, 2.24) is 20.0 Å². The molecular formula is C15H28N4O. The maximum atomic E-state index is 5.51. The van der Waals surface area contributed by atoms with Gasteiger partial charge in [-0.1, -0.05) is 6.92 Å². The number of methoxy groups -OCH3 is 1. The number of likely N-dealkylation sites (tertiary alicyclic amines) is 1. The van der Waals surface area contributed by atoms with Crippen molar-refractivity contribution in [2.24, 2.45) is 7.05 Å². The Balaban J connectivity index is 2.36. The Kier molecular flexibility index (Phi) is 4.70. The van der Waals surface area contributed by atoms with Crippen molar-refractivity contribution in [1.29, 1.82) is 0 Å². The van der Waals surface area contributed by atoms with Crippen LogP contribution >= 0.6 is 0 Å². The highest BCUT2D eigenvalue weighted by atomic mass is 16.5. The molecule has 5 heteroatoms. The van der Waals surface area contributed by atoms with Crippen molar-refractivity contribution in [2.45, 2.75) is 45.2 Å². The van der Waals surface area contributed by atoms with Crippen LogP contribution in [0, 0.1) is 0 Å². The van der Waals surface area contributed by atoms with Crippen LogP contribution in [-0.4, -0.2) is 47.0 Å². The van der Waals surface area contributed by atoms with Gasteiger partial charge in [0, 0.05) is 12.6 Å². The van der Waals surface area contributed by atoms with E-state index >= 15 is 0 Å². The van der Waals surface area contributed by atoms with Crippen molar-refractivity contribution in [3.8, 4) is 5.75 Å². The van der Waals surface area contributed by atoms with Gasteiger partial charge in [0.2, 0.25) is 0 Å². The molecule has 0 aliphatic carbocycles. The van der Waals surface area contributed by atoms with Gasteiger partial charge in [0.05, 0.1) is 25.0 Å².